The fourth-order valence-electron chi connectivity index (χ4n) is 2.39. The zero-order chi connectivity index (χ0) is 19.2. The minimum absolute atomic E-state index is 0.200. The van der Waals surface area contributed by atoms with Gasteiger partial charge in [-0.2, -0.15) is 0 Å². The average molecular weight is 448 g/mol. The van der Waals surface area contributed by atoms with Gasteiger partial charge in [0, 0.05) is 15.9 Å². The van der Waals surface area contributed by atoms with Crippen LogP contribution in [0, 0.1) is 0 Å². The highest BCUT2D eigenvalue weighted by Gasteiger charge is 2.13. The Kier molecular flexibility index (Phi) is 6.47. The van der Waals surface area contributed by atoms with Crippen LogP contribution in [0.3, 0.4) is 0 Å². The molecule has 0 bridgehead atoms. The summed E-state index contributed by atoms with van der Waals surface area (Å²) in [6, 6.07) is 18.0. The molecule has 3 rings (SSSR count). The molecule has 27 heavy (non-hydrogen) atoms. The molecule has 0 saturated carbocycles. The minimum Gasteiger partial charge on any atom is -0.497 e. The number of hydrogen-bond acceptors (Lipinski definition) is 4. The summed E-state index contributed by atoms with van der Waals surface area (Å²) in [6.07, 6.45) is 0. The van der Waals surface area contributed by atoms with Gasteiger partial charge in [-0.05, 0) is 54.1 Å². The van der Waals surface area contributed by atoms with Gasteiger partial charge >= 0.3 is 0 Å². The second-order valence-electron chi connectivity index (χ2n) is 5.74. The van der Waals surface area contributed by atoms with Gasteiger partial charge in [-0.1, -0.05) is 28.1 Å². The van der Waals surface area contributed by atoms with E-state index in [1.165, 1.54) is 0 Å². The maximum atomic E-state index is 12.4. The maximum absolute atomic E-state index is 12.4. The molecule has 1 N–H and O–H groups in total. The molecule has 2 aromatic carbocycles. The smallest absolute Gasteiger partial charge is 0.287 e. The predicted octanol–water partition coefficient (Wildman–Crippen LogP) is 4.29. The van der Waals surface area contributed by atoms with E-state index in [9.17, 15) is 9.00 Å². The van der Waals surface area contributed by atoms with Gasteiger partial charge in [0.2, 0.25) is 0 Å². The number of carbonyl (C=O) groups is 1. The van der Waals surface area contributed by atoms with Crippen molar-refractivity contribution in [1.82, 2.24) is 5.32 Å². The van der Waals surface area contributed by atoms with Gasteiger partial charge in [-0.3, -0.25) is 9.00 Å². The average Bonchev–Trinajstić information content (AvgIpc) is 3.15. The molecule has 0 aliphatic carbocycles. The van der Waals surface area contributed by atoms with Crippen LogP contribution in [0.15, 0.2) is 74.4 Å². The highest BCUT2D eigenvalue weighted by Crippen LogP contribution is 2.18. The molecule has 140 valence electrons. The number of rotatable bonds is 7. The molecular weight excluding hydrogens is 430 g/mol. The van der Waals surface area contributed by atoms with Crippen LogP contribution in [0.25, 0.3) is 0 Å². The third-order valence-corrected chi connectivity index (χ3v) is 5.72. The molecule has 1 aromatic heterocycles. The first-order chi connectivity index (χ1) is 13.0. The van der Waals surface area contributed by atoms with Crippen molar-refractivity contribution < 1.29 is 18.2 Å². The van der Waals surface area contributed by atoms with Crippen molar-refractivity contribution in [3.63, 3.8) is 0 Å². The predicted molar refractivity (Wildman–Crippen MR) is 107 cm³/mol. The van der Waals surface area contributed by atoms with Crippen LogP contribution in [0.4, 0.5) is 0 Å². The Morgan fingerprint density at radius 2 is 1.78 bits per heavy atom. The Morgan fingerprint density at radius 1 is 1.07 bits per heavy atom. The second-order valence-corrected chi connectivity index (χ2v) is 8.11. The number of benzene rings is 2. The molecule has 0 radical (unpaired) electrons. The number of nitrogens with one attached hydrogen (secondary N) is 1. The summed E-state index contributed by atoms with van der Waals surface area (Å²) < 4.78 is 24.0. The number of halogens is 1. The summed E-state index contributed by atoms with van der Waals surface area (Å²) >= 11 is 3.35. The van der Waals surface area contributed by atoms with Crippen LogP contribution in [0.1, 0.15) is 21.9 Å². The molecular formula is C20H18BrNO4S. The Bertz CT molecular complexity index is 935. The first-order valence-electron chi connectivity index (χ1n) is 8.19. The van der Waals surface area contributed by atoms with Crippen LogP contribution in [-0.2, 0) is 23.1 Å². The van der Waals surface area contributed by atoms with Gasteiger partial charge in [0.05, 0.1) is 23.7 Å². The number of carbonyl (C=O) groups excluding carboxylic acids is 1. The summed E-state index contributed by atoms with van der Waals surface area (Å²) in [5.74, 6) is 1.37. The molecule has 0 saturated heterocycles. The van der Waals surface area contributed by atoms with E-state index < -0.39 is 10.8 Å². The zero-order valence-corrected chi connectivity index (χ0v) is 17.0. The van der Waals surface area contributed by atoms with Crippen LogP contribution in [0.2, 0.25) is 0 Å². The van der Waals surface area contributed by atoms with Crippen LogP contribution >= 0.6 is 15.9 Å². The molecule has 5 nitrogen and oxygen atoms in total. The number of ether oxygens (including phenoxy) is 1. The quantitative estimate of drug-likeness (QED) is 0.586. The number of furan rings is 1. The molecule has 3 aromatic rings. The van der Waals surface area contributed by atoms with Crippen molar-refractivity contribution in [2.24, 2.45) is 0 Å². The van der Waals surface area contributed by atoms with Crippen LogP contribution < -0.4 is 10.1 Å². The number of methoxy groups -OCH3 is 1. The lowest BCUT2D eigenvalue weighted by molar-refractivity contribution is 0.0921. The highest BCUT2D eigenvalue weighted by atomic mass is 79.9. The minimum atomic E-state index is -1.24. The SMILES string of the molecule is COc1ccc(CNC(=O)c2ccc(C[S@@](=O)c3ccc(Br)cc3)o2)cc1. The van der Waals surface area contributed by atoms with Crippen molar-refractivity contribution in [3.8, 4) is 5.75 Å². The molecule has 1 heterocycles. The summed E-state index contributed by atoms with van der Waals surface area (Å²) in [5, 5.41) is 2.80. The molecule has 0 unspecified atom stereocenters. The van der Waals surface area contributed by atoms with E-state index in [2.05, 4.69) is 21.2 Å². The lowest BCUT2D eigenvalue weighted by Crippen LogP contribution is -2.22. The summed E-state index contributed by atoms with van der Waals surface area (Å²) in [6.45, 7) is 0.379. The Hall–Kier alpha value is -2.38. The largest absolute Gasteiger partial charge is 0.497 e. The van der Waals surface area contributed by atoms with Crippen molar-refractivity contribution in [2.45, 2.75) is 17.2 Å². The van der Waals surface area contributed by atoms with Gasteiger partial charge in [-0.25, -0.2) is 0 Å². The molecule has 0 spiro atoms. The van der Waals surface area contributed by atoms with Gasteiger partial charge in [-0.15, -0.1) is 0 Å². The van der Waals surface area contributed by atoms with Crippen LogP contribution in [-0.4, -0.2) is 17.2 Å². The lowest BCUT2D eigenvalue weighted by Gasteiger charge is -2.05. The van der Waals surface area contributed by atoms with Gasteiger partial charge in [0.25, 0.3) is 5.91 Å². The lowest BCUT2D eigenvalue weighted by atomic mass is 10.2. The van der Waals surface area contributed by atoms with Crippen LogP contribution in [0.5, 0.6) is 5.75 Å². The fraction of sp³-hybridized carbons (Fsp3) is 0.150. The molecule has 1 amide bonds. The Morgan fingerprint density at radius 3 is 2.44 bits per heavy atom. The molecule has 7 heteroatoms. The molecule has 0 fully saturated rings. The number of hydrogen-bond donors (Lipinski definition) is 1. The second kappa shape index (κ2) is 9.01. The normalized spacial score (nSPS) is 11.8. The van der Waals surface area contributed by atoms with Crippen molar-refractivity contribution in [3.05, 3.63) is 82.2 Å². The van der Waals surface area contributed by atoms with E-state index in [0.29, 0.717) is 17.2 Å². The van der Waals surface area contributed by atoms with E-state index in [4.69, 9.17) is 9.15 Å². The van der Waals surface area contributed by atoms with Gasteiger partial charge in [0.1, 0.15) is 11.5 Å². The highest BCUT2D eigenvalue weighted by molar-refractivity contribution is 9.10. The Labute approximate surface area is 168 Å². The first kappa shape index (κ1) is 19.4. The third-order valence-electron chi connectivity index (χ3n) is 3.85. The summed E-state index contributed by atoms with van der Waals surface area (Å²) in [5.41, 5.74) is 0.951. The third kappa shape index (κ3) is 5.30. The zero-order valence-electron chi connectivity index (χ0n) is 14.6. The van der Waals surface area contributed by atoms with Crippen molar-refractivity contribution in [1.29, 1.82) is 0 Å². The fourth-order valence-corrected chi connectivity index (χ4v) is 3.67. The van der Waals surface area contributed by atoms with E-state index in [1.807, 2.05) is 36.4 Å². The molecule has 1 atom stereocenters. The van der Waals surface area contributed by atoms with E-state index in [1.54, 1.807) is 31.4 Å². The molecule has 0 aliphatic rings. The summed E-state index contributed by atoms with van der Waals surface area (Å²) in [7, 11) is 0.369. The van der Waals surface area contributed by atoms with Gasteiger partial charge < -0.3 is 14.5 Å². The van der Waals surface area contributed by atoms with E-state index in [0.717, 1.165) is 15.8 Å². The first-order valence-corrected chi connectivity index (χ1v) is 10.3. The topological polar surface area (TPSA) is 68.5 Å². The van der Waals surface area contributed by atoms with Crippen molar-refractivity contribution in [2.75, 3.05) is 7.11 Å². The van der Waals surface area contributed by atoms with Gasteiger partial charge in [0.15, 0.2) is 5.76 Å². The number of amides is 1. The van der Waals surface area contributed by atoms with Crippen molar-refractivity contribution >= 4 is 32.6 Å². The Balaban J connectivity index is 1.56. The summed E-state index contributed by atoms with van der Waals surface area (Å²) in [4.78, 5) is 12.9. The maximum Gasteiger partial charge on any atom is 0.287 e. The monoisotopic (exact) mass is 447 g/mol. The molecule has 0 aliphatic heterocycles. The van der Waals surface area contributed by atoms with E-state index >= 15 is 0 Å². The van der Waals surface area contributed by atoms with E-state index in [-0.39, 0.29) is 17.4 Å². The standard InChI is InChI=1S/C20H18BrNO4S/c1-25-16-6-2-14(3-7-16)12-22-20(23)19-11-8-17(26-19)13-27(24)18-9-4-15(21)5-10-18/h2-11H,12-13H2,1H3,(H,22,23)/t27-/m1/s1.